The summed E-state index contributed by atoms with van der Waals surface area (Å²) in [6, 6.07) is 2.76. The first-order chi connectivity index (χ1) is 12.7. The monoisotopic (exact) mass is 403 g/mol. The minimum Gasteiger partial charge on any atom is -0.352 e. The SMILES string of the molecule is CC(C)S(=O)(=O)NCCN1CCC(CNC(=O)c2cc(F)cc(F)c2)CC1. The number of piperidine rings is 1. The number of amides is 1. The number of rotatable bonds is 8. The summed E-state index contributed by atoms with van der Waals surface area (Å²) < 4.78 is 52.4. The van der Waals surface area contributed by atoms with E-state index in [2.05, 4.69) is 14.9 Å². The number of hydrogen-bond donors (Lipinski definition) is 2. The number of sulfonamides is 1. The summed E-state index contributed by atoms with van der Waals surface area (Å²) in [7, 11) is -3.24. The van der Waals surface area contributed by atoms with Crippen molar-refractivity contribution in [1.29, 1.82) is 0 Å². The van der Waals surface area contributed by atoms with Crippen molar-refractivity contribution in [2.75, 3.05) is 32.7 Å². The third-order valence-corrected chi connectivity index (χ3v) is 6.58. The van der Waals surface area contributed by atoms with Gasteiger partial charge in [0, 0.05) is 31.3 Å². The first kappa shape index (κ1) is 21.7. The van der Waals surface area contributed by atoms with E-state index in [9.17, 15) is 22.0 Å². The molecule has 0 atom stereocenters. The zero-order valence-electron chi connectivity index (χ0n) is 15.7. The molecule has 0 unspecified atom stereocenters. The van der Waals surface area contributed by atoms with Crippen molar-refractivity contribution >= 4 is 15.9 Å². The molecule has 0 saturated carbocycles. The molecule has 27 heavy (non-hydrogen) atoms. The Balaban J connectivity index is 1.69. The van der Waals surface area contributed by atoms with Gasteiger partial charge in [-0.25, -0.2) is 21.9 Å². The van der Waals surface area contributed by atoms with Crippen LogP contribution in [0.5, 0.6) is 0 Å². The van der Waals surface area contributed by atoms with E-state index in [1.165, 1.54) is 0 Å². The van der Waals surface area contributed by atoms with Gasteiger partial charge in [0.1, 0.15) is 11.6 Å². The number of carbonyl (C=O) groups is 1. The van der Waals surface area contributed by atoms with Gasteiger partial charge in [-0.1, -0.05) is 0 Å². The van der Waals surface area contributed by atoms with Gasteiger partial charge in [-0.05, 0) is 57.8 Å². The molecule has 2 N–H and O–H groups in total. The Hall–Kier alpha value is -1.58. The fourth-order valence-corrected chi connectivity index (χ4v) is 3.66. The van der Waals surface area contributed by atoms with Crippen LogP contribution in [0.2, 0.25) is 0 Å². The van der Waals surface area contributed by atoms with Crippen molar-refractivity contribution in [2.24, 2.45) is 5.92 Å². The number of nitrogens with zero attached hydrogens (tertiary/aromatic N) is 1. The second kappa shape index (κ2) is 9.57. The van der Waals surface area contributed by atoms with E-state index in [0.29, 0.717) is 19.6 Å². The molecular weight excluding hydrogens is 376 g/mol. The Morgan fingerprint density at radius 3 is 2.33 bits per heavy atom. The molecule has 2 rings (SSSR count). The number of halogens is 2. The van der Waals surface area contributed by atoms with Gasteiger partial charge in [-0.2, -0.15) is 0 Å². The van der Waals surface area contributed by atoms with Gasteiger partial charge in [0.25, 0.3) is 5.91 Å². The van der Waals surface area contributed by atoms with Crippen molar-refractivity contribution in [3.63, 3.8) is 0 Å². The maximum Gasteiger partial charge on any atom is 0.251 e. The Labute approximate surface area is 159 Å². The first-order valence-electron chi connectivity index (χ1n) is 9.12. The molecule has 1 aromatic carbocycles. The Morgan fingerprint density at radius 2 is 1.78 bits per heavy atom. The van der Waals surface area contributed by atoms with Crippen LogP contribution in [0.1, 0.15) is 37.0 Å². The lowest BCUT2D eigenvalue weighted by atomic mass is 9.96. The van der Waals surface area contributed by atoms with Crippen molar-refractivity contribution < 1.29 is 22.0 Å². The summed E-state index contributed by atoms with van der Waals surface area (Å²) in [5, 5.41) is 2.29. The molecule has 0 aliphatic carbocycles. The van der Waals surface area contributed by atoms with Gasteiger partial charge in [0.05, 0.1) is 5.25 Å². The quantitative estimate of drug-likeness (QED) is 0.693. The van der Waals surface area contributed by atoms with Gasteiger partial charge < -0.3 is 10.2 Å². The molecule has 1 fully saturated rings. The maximum atomic E-state index is 13.2. The molecule has 0 bridgehead atoms. The number of hydrogen-bond acceptors (Lipinski definition) is 4. The van der Waals surface area contributed by atoms with Crippen molar-refractivity contribution in [3.05, 3.63) is 35.4 Å². The molecule has 0 radical (unpaired) electrons. The Bertz CT molecular complexity index is 728. The van der Waals surface area contributed by atoms with Gasteiger partial charge in [0.15, 0.2) is 0 Å². The molecule has 1 heterocycles. The van der Waals surface area contributed by atoms with Crippen LogP contribution in [0.3, 0.4) is 0 Å². The molecule has 1 saturated heterocycles. The van der Waals surface area contributed by atoms with Crippen LogP contribution < -0.4 is 10.0 Å². The third-order valence-electron chi connectivity index (χ3n) is 4.74. The molecular formula is C18H27F2N3O3S. The van der Waals surface area contributed by atoms with Crippen LogP contribution >= 0.6 is 0 Å². The predicted octanol–water partition coefficient (Wildman–Crippen LogP) is 1.73. The van der Waals surface area contributed by atoms with Gasteiger partial charge in [-0.15, -0.1) is 0 Å². The zero-order chi connectivity index (χ0) is 20.0. The van der Waals surface area contributed by atoms with Gasteiger partial charge >= 0.3 is 0 Å². The lowest BCUT2D eigenvalue weighted by molar-refractivity contribution is 0.0935. The van der Waals surface area contributed by atoms with E-state index >= 15 is 0 Å². The highest BCUT2D eigenvalue weighted by Crippen LogP contribution is 2.16. The highest BCUT2D eigenvalue weighted by atomic mass is 32.2. The molecule has 1 amide bonds. The lowest BCUT2D eigenvalue weighted by Crippen LogP contribution is -2.42. The second-order valence-electron chi connectivity index (χ2n) is 7.14. The summed E-state index contributed by atoms with van der Waals surface area (Å²) >= 11 is 0. The Kier molecular flexibility index (Phi) is 7.69. The second-order valence-corrected chi connectivity index (χ2v) is 9.46. The number of nitrogens with one attached hydrogen (secondary N) is 2. The molecule has 6 nitrogen and oxygen atoms in total. The van der Waals surface area contributed by atoms with Crippen LogP contribution in [0.25, 0.3) is 0 Å². The van der Waals surface area contributed by atoms with Crippen molar-refractivity contribution in [2.45, 2.75) is 31.9 Å². The average Bonchev–Trinajstić information content (AvgIpc) is 2.59. The molecule has 1 aliphatic heterocycles. The molecule has 0 aromatic heterocycles. The summed E-state index contributed by atoms with van der Waals surface area (Å²) in [5.41, 5.74) is -0.0256. The van der Waals surface area contributed by atoms with Crippen LogP contribution in [-0.2, 0) is 10.0 Å². The third kappa shape index (κ3) is 6.82. The first-order valence-corrected chi connectivity index (χ1v) is 10.7. The van der Waals surface area contributed by atoms with E-state index in [4.69, 9.17) is 0 Å². The summed E-state index contributed by atoms with van der Waals surface area (Å²) in [5.74, 6) is -1.75. The standard InChI is InChI=1S/C18H27F2N3O3S/c1-13(2)27(25,26)22-5-8-23-6-3-14(4-7-23)12-21-18(24)15-9-16(19)11-17(20)10-15/h9-11,13-14,22H,3-8,12H2,1-2H3,(H,21,24). The topological polar surface area (TPSA) is 78.5 Å². The minimum atomic E-state index is -3.24. The molecule has 0 spiro atoms. The highest BCUT2D eigenvalue weighted by Gasteiger charge is 2.21. The van der Waals surface area contributed by atoms with E-state index in [-0.39, 0.29) is 11.5 Å². The normalized spacial score (nSPS) is 16.6. The van der Waals surface area contributed by atoms with E-state index in [1.807, 2.05) is 0 Å². The number of likely N-dealkylation sites (tertiary alicyclic amines) is 1. The zero-order valence-corrected chi connectivity index (χ0v) is 16.5. The summed E-state index contributed by atoms with van der Waals surface area (Å²) in [6.45, 7) is 6.39. The van der Waals surface area contributed by atoms with Gasteiger partial charge in [0.2, 0.25) is 10.0 Å². The molecule has 1 aliphatic rings. The van der Waals surface area contributed by atoms with E-state index < -0.39 is 32.8 Å². The van der Waals surface area contributed by atoms with Crippen LogP contribution in [0, 0.1) is 17.6 Å². The van der Waals surface area contributed by atoms with E-state index in [1.54, 1.807) is 13.8 Å². The molecule has 1 aromatic rings. The van der Waals surface area contributed by atoms with Crippen LogP contribution in [0.4, 0.5) is 8.78 Å². The summed E-state index contributed by atoms with van der Waals surface area (Å²) in [6.07, 6.45) is 1.74. The van der Waals surface area contributed by atoms with Crippen LogP contribution in [-0.4, -0.2) is 57.2 Å². The maximum absolute atomic E-state index is 13.2. The largest absolute Gasteiger partial charge is 0.352 e. The summed E-state index contributed by atoms with van der Waals surface area (Å²) in [4.78, 5) is 14.2. The lowest BCUT2D eigenvalue weighted by Gasteiger charge is -2.32. The fraction of sp³-hybridized carbons (Fsp3) is 0.611. The number of carbonyl (C=O) groups excluding carboxylic acids is 1. The van der Waals surface area contributed by atoms with Crippen molar-refractivity contribution in [1.82, 2.24) is 14.9 Å². The fourth-order valence-electron chi connectivity index (χ4n) is 2.95. The molecule has 9 heteroatoms. The van der Waals surface area contributed by atoms with E-state index in [0.717, 1.165) is 44.1 Å². The molecule has 152 valence electrons. The van der Waals surface area contributed by atoms with Crippen LogP contribution in [0.15, 0.2) is 18.2 Å². The number of benzene rings is 1. The minimum absolute atomic E-state index is 0.0256. The highest BCUT2D eigenvalue weighted by molar-refractivity contribution is 7.90. The smallest absolute Gasteiger partial charge is 0.251 e. The van der Waals surface area contributed by atoms with Crippen molar-refractivity contribution in [3.8, 4) is 0 Å². The predicted molar refractivity (Wildman–Crippen MR) is 99.9 cm³/mol. The van der Waals surface area contributed by atoms with Gasteiger partial charge in [-0.3, -0.25) is 4.79 Å². The Morgan fingerprint density at radius 1 is 1.19 bits per heavy atom. The average molecular weight is 403 g/mol.